The number of rotatable bonds is 15. The van der Waals surface area contributed by atoms with Gasteiger partial charge in [0.2, 0.25) is 11.8 Å². The van der Waals surface area contributed by atoms with Gasteiger partial charge in [0.05, 0.1) is 17.9 Å². The van der Waals surface area contributed by atoms with Gasteiger partial charge < -0.3 is 29.4 Å². The lowest BCUT2D eigenvalue weighted by molar-refractivity contribution is -0.145. The molecule has 3 aliphatic rings. The van der Waals surface area contributed by atoms with Gasteiger partial charge in [-0.3, -0.25) is 14.4 Å². The van der Waals surface area contributed by atoms with Crippen molar-refractivity contribution in [3.05, 3.63) is 49.6 Å². The first kappa shape index (κ1) is 30.8. The summed E-state index contributed by atoms with van der Waals surface area (Å²) in [4.78, 5) is 49.8. The minimum Gasteiger partial charge on any atom is -0.396 e. The highest BCUT2D eigenvalue weighted by Crippen LogP contribution is 2.59. The van der Waals surface area contributed by atoms with Crippen LogP contribution in [0.3, 0.4) is 0 Å². The molecule has 1 spiro atoms. The normalized spacial score (nSPS) is 26.1. The molecule has 3 aliphatic heterocycles. The van der Waals surface area contributed by atoms with Crippen LogP contribution in [0.4, 0.5) is 11.4 Å². The number of carbonyl (C=O) groups is 3. The SMILES string of the molecule is C=CCN(CCC)C(=O)[C@@H]1[C@H]2C(=O)N(CCCO)C(C(=O)N(CC=C)c3ccc(N(CC)CC)cc3)C23CC[C@H]1O3. The van der Waals surface area contributed by atoms with Gasteiger partial charge in [0, 0.05) is 57.3 Å². The molecule has 2 bridgehead atoms. The van der Waals surface area contributed by atoms with Crippen molar-refractivity contribution in [2.24, 2.45) is 11.8 Å². The Bertz CT molecular complexity index is 1120. The van der Waals surface area contributed by atoms with Crippen molar-refractivity contribution >= 4 is 29.1 Å². The van der Waals surface area contributed by atoms with Crippen molar-refractivity contribution in [1.82, 2.24) is 9.80 Å². The number of carbonyl (C=O) groups excluding carboxylic acids is 3. The fourth-order valence-electron chi connectivity index (χ4n) is 7.16. The minimum absolute atomic E-state index is 0.109. The summed E-state index contributed by atoms with van der Waals surface area (Å²) < 4.78 is 6.60. The lowest BCUT2D eigenvalue weighted by Crippen LogP contribution is -2.56. The first-order valence-corrected chi connectivity index (χ1v) is 15.1. The van der Waals surface area contributed by atoms with Crippen molar-refractivity contribution in [1.29, 1.82) is 0 Å². The molecule has 3 fully saturated rings. The second kappa shape index (κ2) is 13.2. The van der Waals surface area contributed by atoms with Crippen LogP contribution in [-0.4, -0.2) is 96.3 Å². The van der Waals surface area contributed by atoms with Crippen LogP contribution in [0, 0.1) is 11.8 Å². The Morgan fingerprint density at radius 1 is 1.07 bits per heavy atom. The maximum absolute atomic E-state index is 14.5. The van der Waals surface area contributed by atoms with Crippen molar-refractivity contribution < 1.29 is 24.2 Å². The quantitative estimate of drug-likeness (QED) is 0.328. The van der Waals surface area contributed by atoms with Gasteiger partial charge in [0.15, 0.2) is 0 Å². The molecule has 0 aliphatic carbocycles. The molecule has 3 heterocycles. The highest BCUT2D eigenvalue weighted by Gasteiger charge is 2.74. The predicted molar refractivity (Wildman–Crippen MR) is 161 cm³/mol. The maximum Gasteiger partial charge on any atom is 0.253 e. The third-order valence-corrected chi connectivity index (χ3v) is 8.90. The molecule has 3 amide bonds. The number of aliphatic hydroxyl groups is 1. The van der Waals surface area contributed by atoms with E-state index in [9.17, 15) is 19.5 Å². The summed E-state index contributed by atoms with van der Waals surface area (Å²) in [6.45, 7) is 17.0. The van der Waals surface area contributed by atoms with Crippen LogP contribution in [0.5, 0.6) is 0 Å². The molecule has 41 heavy (non-hydrogen) atoms. The van der Waals surface area contributed by atoms with Gasteiger partial charge in [0.1, 0.15) is 11.6 Å². The molecule has 9 nitrogen and oxygen atoms in total. The van der Waals surface area contributed by atoms with E-state index in [-0.39, 0.29) is 37.4 Å². The standard InChI is InChI=1S/C32H46N4O5/c1-6-18-34(19-7-2)29(38)26-25-16-17-32(41-25)27(26)30(39)36(21-11-22-37)28(32)31(40)35(20-8-3)24-14-12-23(13-15-24)33(9-4)10-5/h6,8,12-15,25-28,37H,1,3,7,9-11,16-22H2,2,4-5H3/t25-,26+,27+,28?,32?/m1/s1. The van der Waals surface area contributed by atoms with E-state index in [4.69, 9.17) is 4.74 Å². The van der Waals surface area contributed by atoms with E-state index in [2.05, 4.69) is 31.9 Å². The number of nitrogens with zero attached hydrogens (tertiary/aromatic N) is 4. The summed E-state index contributed by atoms with van der Waals surface area (Å²) in [5.41, 5.74) is 0.695. The largest absolute Gasteiger partial charge is 0.396 e. The number of amides is 3. The topological polar surface area (TPSA) is 93.6 Å². The molecule has 0 radical (unpaired) electrons. The van der Waals surface area contributed by atoms with Gasteiger partial charge in [0.25, 0.3) is 5.91 Å². The number of benzene rings is 1. The van der Waals surface area contributed by atoms with Crippen molar-refractivity contribution in [3.63, 3.8) is 0 Å². The molecule has 3 saturated heterocycles. The number of aliphatic hydroxyl groups excluding tert-OH is 1. The lowest BCUT2D eigenvalue weighted by Gasteiger charge is -2.37. The zero-order valence-electron chi connectivity index (χ0n) is 24.8. The predicted octanol–water partition coefficient (Wildman–Crippen LogP) is 3.23. The fourth-order valence-corrected chi connectivity index (χ4v) is 7.16. The summed E-state index contributed by atoms with van der Waals surface area (Å²) >= 11 is 0. The molecule has 2 unspecified atom stereocenters. The van der Waals surface area contributed by atoms with Crippen LogP contribution < -0.4 is 9.80 Å². The Hall–Kier alpha value is -3.17. The van der Waals surface area contributed by atoms with Gasteiger partial charge in [-0.2, -0.15) is 0 Å². The zero-order chi connectivity index (χ0) is 29.7. The monoisotopic (exact) mass is 566 g/mol. The Balaban J connectivity index is 1.72. The smallest absolute Gasteiger partial charge is 0.253 e. The molecule has 4 rings (SSSR count). The second-order valence-corrected chi connectivity index (χ2v) is 11.2. The van der Waals surface area contributed by atoms with Crippen LogP contribution in [0.1, 0.15) is 46.5 Å². The van der Waals surface area contributed by atoms with Gasteiger partial charge in [-0.1, -0.05) is 19.1 Å². The van der Waals surface area contributed by atoms with Crippen LogP contribution in [0.25, 0.3) is 0 Å². The number of hydrogen-bond acceptors (Lipinski definition) is 6. The first-order valence-electron chi connectivity index (χ1n) is 15.1. The van der Waals surface area contributed by atoms with Crippen molar-refractivity contribution in [3.8, 4) is 0 Å². The van der Waals surface area contributed by atoms with E-state index in [1.807, 2.05) is 31.2 Å². The maximum atomic E-state index is 14.5. The second-order valence-electron chi connectivity index (χ2n) is 11.2. The van der Waals surface area contributed by atoms with E-state index >= 15 is 0 Å². The first-order chi connectivity index (χ1) is 19.8. The van der Waals surface area contributed by atoms with E-state index in [0.717, 1.165) is 25.2 Å². The Morgan fingerprint density at radius 2 is 1.73 bits per heavy atom. The average Bonchev–Trinajstić information content (AvgIpc) is 3.62. The number of hydrogen-bond donors (Lipinski definition) is 1. The Labute approximate surface area is 244 Å². The van der Waals surface area contributed by atoms with Crippen molar-refractivity contribution in [2.75, 3.05) is 55.7 Å². The van der Waals surface area contributed by atoms with Gasteiger partial charge in [-0.25, -0.2) is 0 Å². The average molecular weight is 567 g/mol. The third kappa shape index (κ3) is 5.42. The molecular formula is C32H46N4O5. The molecule has 1 N–H and O–H groups in total. The Morgan fingerprint density at radius 3 is 2.32 bits per heavy atom. The summed E-state index contributed by atoms with van der Waals surface area (Å²) in [5, 5.41) is 9.63. The number of fused-ring (bicyclic) bond motifs is 1. The van der Waals surface area contributed by atoms with E-state index in [1.54, 1.807) is 26.9 Å². The molecule has 9 heteroatoms. The van der Waals surface area contributed by atoms with E-state index in [0.29, 0.717) is 38.0 Å². The lowest BCUT2D eigenvalue weighted by atomic mass is 9.70. The summed E-state index contributed by atoms with van der Waals surface area (Å²) in [5.74, 6) is -1.97. The van der Waals surface area contributed by atoms with Crippen LogP contribution in [-0.2, 0) is 19.1 Å². The van der Waals surface area contributed by atoms with Gasteiger partial charge in [-0.05, 0) is 63.8 Å². The molecule has 5 atom stereocenters. The van der Waals surface area contributed by atoms with Crippen LogP contribution >= 0.6 is 0 Å². The van der Waals surface area contributed by atoms with E-state index in [1.165, 1.54) is 0 Å². The molecular weight excluding hydrogens is 520 g/mol. The molecule has 224 valence electrons. The number of likely N-dealkylation sites (tertiary alicyclic amines) is 1. The highest BCUT2D eigenvalue weighted by molar-refractivity contribution is 6.05. The summed E-state index contributed by atoms with van der Waals surface area (Å²) in [6.07, 6.45) is 5.24. The Kier molecular flexibility index (Phi) is 9.92. The van der Waals surface area contributed by atoms with E-state index < -0.39 is 29.6 Å². The summed E-state index contributed by atoms with van der Waals surface area (Å²) in [6, 6.07) is 6.97. The van der Waals surface area contributed by atoms with Crippen LogP contribution in [0.2, 0.25) is 0 Å². The molecule has 1 aromatic carbocycles. The van der Waals surface area contributed by atoms with Crippen LogP contribution in [0.15, 0.2) is 49.6 Å². The minimum atomic E-state index is -1.08. The molecule has 0 aromatic heterocycles. The number of ether oxygens (including phenoxy) is 1. The van der Waals surface area contributed by atoms with Gasteiger partial charge >= 0.3 is 0 Å². The third-order valence-electron chi connectivity index (χ3n) is 8.90. The summed E-state index contributed by atoms with van der Waals surface area (Å²) in [7, 11) is 0. The fraction of sp³-hybridized carbons (Fsp3) is 0.594. The number of anilines is 2. The van der Waals surface area contributed by atoms with Crippen molar-refractivity contribution in [2.45, 2.75) is 64.2 Å². The zero-order valence-corrected chi connectivity index (χ0v) is 24.8. The molecule has 0 saturated carbocycles. The highest BCUT2D eigenvalue weighted by atomic mass is 16.5. The molecule has 1 aromatic rings. The van der Waals surface area contributed by atoms with Gasteiger partial charge in [-0.15, -0.1) is 13.2 Å².